The molecule has 8 heteroatoms. The van der Waals surface area contributed by atoms with Crippen LogP contribution in [0.3, 0.4) is 0 Å². The predicted octanol–water partition coefficient (Wildman–Crippen LogP) is 7.13. The van der Waals surface area contributed by atoms with E-state index in [4.69, 9.17) is 14.2 Å². The molecule has 0 atom stereocenters. The maximum absolute atomic E-state index is 12.5. The topological polar surface area (TPSA) is 57.1 Å². The molecule has 174 valence electrons. The Kier molecular flexibility index (Phi) is 8.51. The Balaban J connectivity index is 1.61. The molecule has 3 aromatic carbocycles. The van der Waals surface area contributed by atoms with Crippen molar-refractivity contribution >= 4 is 85.7 Å². The van der Waals surface area contributed by atoms with Gasteiger partial charge in [-0.3, -0.25) is 0 Å². The molecule has 0 unspecified atom stereocenters. The Morgan fingerprint density at radius 2 is 1.74 bits per heavy atom. The highest BCUT2D eigenvalue weighted by molar-refractivity contribution is 14.1. The molecule has 5 nitrogen and oxygen atoms in total. The van der Waals surface area contributed by atoms with E-state index in [-0.39, 0.29) is 5.70 Å². The van der Waals surface area contributed by atoms with E-state index in [0.717, 1.165) is 29.4 Å². The van der Waals surface area contributed by atoms with Crippen LogP contribution in [0.4, 0.5) is 0 Å². The van der Waals surface area contributed by atoms with Gasteiger partial charge in [0.05, 0.1) is 10.2 Å². The van der Waals surface area contributed by atoms with Crippen molar-refractivity contribution < 1.29 is 19.0 Å². The maximum atomic E-state index is 12.5. The van der Waals surface area contributed by atoms with Gasteiger partial charge in [-0.1, -0.05) is 12.1 Å². The Morgan fingerprint density at radius 1 is 0.971 bits per heavy atom. The molecule has 0 bridgehead atoms. The van der Waals surface area contributed by atoms with Gasteiger partial charge in [-0.2, -0.15) is 0 Å². The summed E-state index contributed by atoms with van der Waals surface area (Å²) in [7, 11) is 0. The summed E-state index contributed by atoms with van der Waals surface area (Å²) < 4.78 is 20.6. The van der Waals surface area contributed by atoms with Gasteiger partial charge >= 0.3 is 5.97 Å². The molecule has 34 heavy (non-hydrogen) atoms. The van der Waals surface area contributed by atoms with Gasteiger partial charge in [-0.05, 0) is 147 Å². The van der Waals surface area contributed by atoms with Crippen LogP contribution in [0.15, 0.2) is 65.3 Å². The van der Waals surface area contributed by atoms with Crippen LogP contribution in [0.5, 0.6) is 11.5 Å². The molecule has 0 saturated heterocycles. The smallest absolute Gasteiger partial charge is 0.363 e. The monoisotopic (exact) mass is 791 g/mol. The molecular weight excluding hydrogens is 771 g/mol. The Hall–Kier alpha value is -1.67. The van der Waals surface area contributed by atoms with Crippen LogP contribution < -0.4 is 9.47 Å². The number of carbonyl (C=O) groups excluding carboxylic acids is 1. The number of aryl methyl sites for hydroxylation is 1. The number of nitrogens with zero attached hydrogens (tertiary/aromatic N) is 1. The summed E-state index contributed by atoms with van der Waals surface area (Å²) in [5.74, 6) is 1.14. The lowest BCUT2D eigenvalue weighted by atomic mass is 10.1. The highest BCUT2D eigenvalue weighted by atomic mass is 127. The lowest BCUT2D eigenvalue weighted by Gasteiger charge is -2.15. The maximum Gasteiger partial charge on any atom is 0.363 e. The van der Waals surface area contributed by atoms with Crippen molar-refractivity contribution in [3.8, 4) is 11.5 Å². The van der Waals surface area contributed by atoms with Gasteiger partial charge in [-0.15, -0.1) is 0 Å². The number of aliphatic imine (C=N–C) groups is 1. The van der Waals surface area contributed by atoms with Gasteiger partial charge in [-0.25, -0.2) is 9.79 Å². The van der Waals surface area contributed by atoms with Crippen molar-refractivity contribution in [2.45, 2.75) is 20.5 Å². The minimum absolute atomic E-state index is 0.247. The average Bonchev–Trinajstić information content (AvgIpc) is 3.16. The minimum Gasteiger partial charge on any atom is -0.490 e. The summed E-state index contributed by atoms with van der Waals surface area (Å²) >= 11 is 6.77. The van der Waals surface area contributed by atoms with Crippen LogP contribution in [0.1, 0.15) is 29.2 Å². The molecule has 0 amide bonds. The Labute approximate surface area is 239 Å². The van der Waals surface area contributed by atoms with Gasteiger partial charge < -0.3 is 14.2 Å². The van der Waals surface area contributed by atoms with Gasteiger partial charge in [0, 0.05) is 12.7 Å². The van der Waals surface area contributed by atoms with E-state index in [0.29, 0.717) is 30.6 Å². The number of hydrogen-bond acceptors (Lipinski definition) is 5. The molecule has 0 saturated carbocycles. The number of esters is 1. The molecule has 4 rings (SSSR count). The first-order valence-corrected chi connectivity index (χ1v) is 13.7. The van der Waals surface area contributed by atoms with Crippen molar-refractivity contribution in [2.24, 2.45) is 4.99 Å². The quantitative estimate of drug-likeness (QED) is 0.145. The molecule has 0 radical (unpaired) electrons. The SMILES string of the molecule is CCOc1cc(/C=C2\N=C(c3ccc(I)c(C)c3)OC2=O)cc(I)c1OCc1ccc(I)cc1. The highest BCUT2D eigenvalue weighted by Gasteiger charge is 2.25. The average molecular weight is 791 g/mol. The van der Waals surface area contributed by atoms with Crippen LogP contribution >= 0.6 is 67.8 Å². The fraction of sp³-hybridized carbons (Fsp3) is 0.154. The number of rotatable bonds is 7. The summed E-state index contributed by atoms with van der Waals surface area (Å²) in [5.41, 5.74) is 3.98. The molecule has 1 heterocycles. The third kappa shape index (κ3) is 6.11. The number of halogens is 3. The lowest BCUT2D eigenvalue weighted by Crippen LogP contribution is -2.06. The highest BCUT2D eigenvalue weighted by Crippen LogP contribution is 2.36. The van der Waals surface area contributed by atoms with E-state index in [1.54, 1.807) is 6.08 Å². The van der Waals surface area contributed by atoms with Crippen LogP contribution in [0.25, 0.3) is 6.08 Å². The first-order chi connectivity index (χ1) is 16.3. The Bertz CT molecular complexity index is 1300. The van der Waals surface area contributed by atoms with Crippen molar-refractivity contribution in [1.82, 2.24) is 0 Å². The molecule has 1 aliphatic heterocycles. The van der Waals surface area contributed by atoms with Gasteiger partial charge in [0.1, 0.15) is 6.61 Å². The molecule has 0 fully saturated rings. The summed E-state index contributed by atoms with van der Waals surface area (Å²) in [6, 6.07) is 17.8. The molecule has 1 aliphatic rings. The lowest BCUT2D eigenvalue weighted by molar-refractivity contribution is -0.129. The molecular formula is C26H20I3NO4. The summed E-state index contributed by atoms with van der Waals surface area (Å²) in [4.78, 5) is 16.9. The second-order valence-corrected chi connectivity index (χ2v) is 11.0. The van der Waals surface area contributed by atoms with E-state index in [1.165, 1.54) is 3.57 Å². The zero-order valence-corrected chi connectivity index (χ0v) is 24.9. The number of hydrogen-bond donors (Lipinski definition) is 0. The number of ether oxygens (including phenoxy) is 3. The Morgan fingerprint density at radius 3 is 2.44 bits per heavy atom. The predicted molar refractivity (Wildman–Crippen MR) is 158 cm³/mol. The van der Waals surface area contributed by atoms with Gasteiger partial charge in [0.2, 0.25) is 5.90 Å². The number of carbonyl (C=O) groups is 1. The molecule has 0 aliphatic carbocycles. The third-order valence-corrected chi connectivity index (χ3v) is 7.69. The molecule has 3 aromatic rings. The number of benzene rings is 3. The zero-order valence-electron chi connectivity index (χ0n) is 18.4. The zero-order chi connectivity index (χ0) is 24.2. The first-order valence-electron chi connectivity index (χ1n) is 10.5. The van der Waals surface area contributed by atoms with Crippen LogP contribution in [0.2, 0.25) is 0 Å². The van der Waals surface area contributed by atoms with E-state index >= 15 is 0 Å². The largest absolute Gasteiger partial charge is 0.490 e. The van der Waals surface area contributed by atoms with E-state index in [1.807, 2.05) is 56.3 Å². The fourth-order valence-corrected chi connectivity index (χ4v) is 4.75. The van der Waals surface area contributed by atoms with Crippen molar-refractivity contribution in [1.29, 1.82) is 0 Å². The van der Waals surface area contributed by atoms with Crippen LogP contribution in [0, 0.1) is 17.6 Å². The summed E-state index contributed by atoms with van der Waals surface area (Å²) in [6.45, 7) is 4.86. The molecule has 0 aromatic heterocycles. The fourth-order valence-electron chi connectivity index (χ4n) is 3.28. The summed E-state index contributed by atoms with van der Waals surface area (Å²) in [5, 5.41) is 0. The molecule has 0 N–H and O–H groups in total. The first kappa shape index (κ1) is 25.4. The summed E-state index contributed by atoms with van der Waals surface area (Å²) in [6.07, 6.45) is 1.71. The second-order valence-electron chi connectivity index (χ2n) is 7.48. The minimum atomic E-state index is -0.474. The van der Waals surface area contributed by atoms with Crippen molar-refractivity contribution in [3.05, 3.63) is 93.3 Å². The standard InChI is InChI=1S/C26H20I3NO4/c1-3-32-23-13-17(11-21(29)24(23)33-14-16-4-7-19(27)8-5-16)12-22-26(31)34-25(30-22)18-6-9-20(28)15(2)10-18/h4-13H,3,14H2,1-2H3/b22-12-. The van der Waals surface area contributed by atoms with Gasteiger partial charge in [0.25, 0.3) is 0 Å². The van der Waals surface area contributed by atoms with Crippen molar-refractivity contribution in [3.63, 3.8) is 0 Å². The van der Waals surface area contributed by atoms with E-state index in [2.05, 4.69) is 84.9 Å². The van der Waals surface area contributed by atoms with Crippen LogP contribution in [-0.4, -0.2) is 18.5 Å². The second kappa shape index (κ2) is 11.4. The van der Waals surface area contributed by atoms with E-state index < -0.39 is 5.97 Å². The number of cyclic esters (lactones) is 1. The molecule has 0 spiro atoms. The van der Waals surface area contributed by atoms with Crippen LogP contribution in [-0.2, 0) is 16.1 Å². The van der Waals surface area contributed by atoms with E-state index in [9.17, 15) is 4.79 Å². The van der Waals surface area contributed by atoms with Crippen molar-refractivity contribution in [2.75, 3.05) is 6.61 Å². The van der Waals surface area contributed by atoms with Gasteiger partial charge in [0.15, 0.2) is 17.2 Å². The normalized spacial score (nSPS) is 14.2. The third-order valence-electron chi connectivity index (χ3n) is 4.96.